The SMILES string of the molecule is CCO[P+](=O)C(C)S(=O)(=O)OC(C)C. The fourth-order valence-corrected chi connectivity index (χ4v) is 3.02. The van der Waals surface area contributed by atoms with E-state index in [1.807, 2.05) is 0 Å². The second-order valence-corrected chi connectivity index (χ2v) is 6.78. The van der Waals surface area contributed by atoms with Crippen molar-refractivity contribution in [3.63, 3.8) is 0 Å². The molecule has 14 heavy (non-hydrogen) atoms. The summed E-state index contributed by atoms with van der Waals surface area (Å²) in [5, 5.41) is 0. The molecule has 0 bridgehead atoms. The van der Waals surface area contributed by atoms with Crippen molar-refractivity contribution in [3.8, 4) is 0 Å². The maximum absolute atomic E-state index is 11.4. The van der Waals surface area contributed by atoms with Crippen molar-refractivity contribution in [1.82, 2.24) is 0 Å². The van der Waals surface area contributed by atoms with Gasteiger partial charge in [-0.3, -0.25) is 4.18 Å². The van der Waals surface area contributed by atoms with E-state index >= 15 is 0 Å². The van der Waals surface area contributed by atoms with Crippen LogP contribution in [0.4, 0.5) is 0 Å². The molecule has 0 aromatic rings. The molecule has 0 rings (SSSR count). The summed E-state index contributed by atoms with van der Waals surface area (Å²) in [6.07, 6.45) is -0.451. The third kappa shape index (κ3) is 4.46. The van der Waals surface area contributed by atoms with E-state index in [0.717, 1.165) is 0 Å². The first-order valence-corrected chi connectivity index (χ1v) is 7.04. The molecule has 0 saturated heterocycles. The minimum atomic E-state index is -3.79. The van der Waals surface area contributed by atoms with E-state index in [9.17, 15) is 13.0 Å². The van der Waals surface area contributed by atoms with Crippen LogP contribution in [0, 0.1) is 0 Å². The van der Waals surface area contributed by atoms with Crippen LogP contribution in [0.15, 0.2) is 0 Å². The van der Waals surface area contributed by atoms with E-state index in [-0.39, 0.29) is 6.61 Å². The molecule has 0 N–H and O–H groups in total. The van der Waals surface area contributed by atoms with Crippen LogP contribution in [0.25, 0.3) is 0 Å². The molecule has 0 aromatic heterocycles. The van der Waals surface area contributed by atoms with Crippen molar-refractivity contribution in [2.45, 2.75) is 38.8 Å². The second-order valence-electron chi connectivity index (χ2n) is 2.94. The van der Waals surface area contributed by atoms with Gasteiger partial charge < -0.3 is 0 Å². The van der Waals surface area contributed by atoms with Crippen molar-refractivity contribution in [2.75, 3.05) is 6.61 Å². The Hall–Kier alpha value is -0.0300. The summed E-state index contributed by atoms with van der Waals surface area (Å²) < 4.78 is 43.4. The number of rotatable bonds is 6. The Balaban J connectivity index is 4.51. The summed E-state index contributed by atoms with van der Waals surface area (Å²) in [6, 6.07) is 0. The maximum Gasteiger partial charge on any atom is 0.529 e. The van der Waals surface area contributed by atoms with E-state index < -0.39 is 29.2 Å². The minimum Gasteiger partial charge on any atom is -0.264 e. The first kappa shape index (κ1) is 14.0. The smallest absolute Gasteiger partial charge is 0.264 e. The Kier molecular flexibility index (Phi) is 5.74. The van der Waals surface area contributed by atoms with Gasteiger partial charge in [-0.1, -0.05) is 0 Å². The van der Waals surface area contributed by atoms with Crippen LogP contribution >= 0.6 is 8.03 Å². The fraction of sp³-hybridized carbons (Fsp3) is 1.00. The fourth-order valence-electron chi connectivity index (χ4n) is 0.686. The molecule has 0 spiro atoms. The number of hydrogen-bond acceptors (Lipinski definition) is 5. The van der Waals surface area contributed by atoms with Crippen molar-refractivity contribution in [3.05, 3.63) is 0 Å². The lowest BCUT2D eigenvalue weighted by Gasteiger charge is -2.07. The van der Waals surface area contributed by atoms with Crippen molar-refractivity contribution >= 4 is 18.1 Å². The van der Waals surface area contributed by atoms with Gasteiger partial charge in [-0.15, -0.1) is 4.52 Å². The third-order valence-corrected chi connectivity index (χ3v) is 5.18. The lowest BCUT2D eigenvalue weighted by Crippen LogP contribution is -2.21. The average molecular weight is 243 g/mol. The molecule has 0 radical (unpaired) electrons. The lowest BCUT2D eigenvalue weighted by molar-refractivity contribution is 0.247. The summed E-state index contributed by atoms with van der Waals surface area (Å²) >= 11 is 0. The standard InChI is InChI=1S/C7H16O5PS/c1-5-11-13(8)7(4)14(9,10)12-6(2)3/h6-7H,5H2,1-4H3/q+1. The predicted octanol–water partition coefficient (Wildman–Crippen LogP) is 1.87. The minimum absolute atomic E-state index is 0.219. The first-order valence-electron chi connectivity index (χ1n) is 4.32. The van der Waals surface area contributed by atoms with Gasteiger partial charge >= 0.3 is 23.1 Å². The van der Waals surface area contributed by atoms with Gasteiger partial charge in [-0.25, -0.2) is 0 Å². The van der Waals surface area contributed by atoms with Crippen LogP contribution in [0.5, 0.6) is 0 Å². The molecular formula is C7H16O5PS+. The van der Waals surface area contributed by atoms with Crippen LogP contribution in [0.2, 0.25) is 0 Å². The zero-order valence-electron chi connectivity index (χ0n) is 8.76. The van der Waals surface area contributed by atoms with E-state index in [0.29, 0.717) is 0 Å². The van der Waals surface area contributed by atoms with Crippen molar-refractivity contribution < 1.29 is 21.7 Å². The second kappa shape index (κ2) is 5.75. The van der Waals surface area contributed by atoms with E-state index in [1.54, 1.807) is 20.8 Å². The van der Waals surface area contributed by atoms with Gasteiger partial charge in [0.15, 0.2) is 0 Å². The Bertz CT molecular complexity index is 284. The Morgan fingerprint density at radius 3 is 2.14 bits per heavy atom. The van der Waals surface area contributed by atoms with Gasteiger partial charge in [0.25, 0.3) is 0 Å². The molecule has 0 amide bonds. The summed E-state index contributed by atoms with van der Waals surface area (Å²) in [5.41, 5.74) is 0. The van der Waals surface area contributed by atoms with Crippen LogP contribution in [-0.4, -0.2) is 26.1 Å². The molecule has 0 aliphatic rings. The van der Waals surface area contributed by atoms with Crippen LogP contribution < -0.4 is 0 Å². The van der Waals surface area contributed by atoms with Gasteiger partial charge in [0.1, 0.15) is 0 Å². The molecule has 0 fully saturated rings. The van der Waals surface area contributed by atoms with Gasteiger partial charge in [0, 0.05) is 6.92 Å². The molecule has 2 unspecified atom stereocenters. The summed E-state index contributed by atoms with van der Waals surface area (Å²) in [7, 11) is -6.01. The zero-order chi connectivity index (χ0) is 11.4. The van der Waals surface area contributed by atoms with Crippen molar-refractivity contribution in [2.24, 2.45) is 0 Å². The zero-order valence-corrected chi connectivity index (χ0v) is 10.5. The molecule has 0 saturated carbocycles. The molecule has 0 aliphatic heterocycles. The van der Waals surface area contributed by atoms with Gasteiger partial charge in [0.05, 0.1) is 12.7 Å². The predicted molar refractivity (Wildman–Crippen MR) is 53.8 cm³/mol. The van der Waals surface area contributed by atoms with Crippen LogP contribution in [0.1, 0.15) is 27.7 Å². The summed E-state index contributed by atoms with van der Waals surface area (Å²) in [4.78, 5) is -1.13. The summed E-state index contributed by atoms with van der Waals surface area (Å²) in [5.74, 6) is 0. The van der Waals surface area contributed by atoms with Gasteiger partial charge in [-0.05, 0) is 25.3 Å². The molecule has 0 aromatic carbocycles. The highest BCUT2D eigenvalue weighted by molar-refractivity contribution is 7.93. The highest BCUT2D eigenvalue weighted by Gasteiger charge is 2.41. The maximum atomic E-state index is 11.4. The van der Waals surface area contributed by atoms with Gasteiger partial charge in [-0.2, -0.15) is 8.42 Å². The van der Waals surface area contributed by atoms with Crippen LogP contribution in [0.3, 0.4) is 0 Å². The summed E-state index contributed by atoms with van der Waals surface area (Å²) in [6.45, 7) is 6.37. The van der Waals surface area contributed by atoms with Gasteiger partial charge in [0.2, 0.25) is 0 Å². The van der Waals surface area contributed by atoms with Crippen LogP contribution in [-0.2, 0) is 23.4 Å². The number of hydrogen-bond donors (Lipinski definition) is 0. The Morgan fingerprint density at radius 2 is 1.79 bits per heavy atom. The highest BCUT2D eigenvalue weighted by Crippen LogP contribution is 2.33. The molecular weight excluding hydrogens is 227 g/mol. The molecule has 7 heteroatoms. The molecule has 84 valence electrons. The van der Waals surface area contributed by atoms with E-state index in [1.165, 1.54) is 6.92 Å². The lowest BCUT2D eigenvalue weighted by atomic mass is 10.5. The normalized spacial score (nSPS) is 15.6. The monoisotopic (exact) mass is 243 g/mol. The molecule has 0 heterocycles. The van der Waals surface area contributed by atoms with E-state index in [2.05, 4.69) is 4.18 Å². The Morgan fingerprint density at radius 1 is 1.29 bits per heavy atom. The highest BCUT2D eigenvalue weighted by atomic mass is 32.2. The largest absolute Gasteiger partial charge is 0.529 e. The third-order valence-electron chi connectivity index (χ3n) is 1.30. The van der Waals surface area contributed by atoms with E-state index in [4.69, 9.17) is 4.52 Å². The molecule has 2 atom stereocenters. The average Bonchev–Trinajstić information content (AvgIpc) is 2.01. The molecule has 0 aliphatic carbocycles. The van der Waals surface area contributed by atoms with Crippen molar-refractivity contribution in [1.29, 1.82) is 0 Å². The molecule has 5 nitrogen and oxygen atoms in total. The Labute approximate surface area is 85.8 Å². The first-order chi connectivity index (χ1) is 6.31. The topological polar surface area (TPSA) is 69.7 Å². The quantitative estimate of drug-likeness (QED) is 0.526.